The van der Waals surface area contributed by atoms with Gasteiger partial charge in [-0.1, -0.05) is 48.0 Å². The summed E-state index contributed by atoms with van der Waals surface area (Å²) in [7, 11) is -3.51. The zero-order valence-electron chi connectivity index (χ0n) is 11.3. The van der Waals surface area contributed by atoms with E-state index in [1.807, 2.05) is 37.3 Å². The molecule has 106 valence electrons. The average Bonchev–Trinajstić information content (AvgIpc) is 2.46. The van der Waals surface area contributed by atoms with E-state index in [0.717, 1.165) is 11.1 Å². The van der Waals surface area contributed by atoms with Gasteiger partial charge in [-0.2, -0.15) is 0 Å². The van der Waals surface area contributed by atoms with E-state index in [9.17, 15) is 8.42 Å². The fraction of sp³-hybridized carbons (Fsp3) is 0.200. The van der Waals surface area contributed by atoms with Crippen molar-refractivity contribution in [3.8, 4) is 0 Å². The van der Waals surface area contributed by atoms with Crippen molar-refractivity contribution in [2.45, 2.75) is 17.9 Å². The molecule has 0 saturated carbocycles. The predicted octanol–water partition coefficient (Wildman–Crippen LogP) is 1.97. The summed E-state index contributed by atoms with van der Waals surface area (Å²) in [6, 6.07) is 15.8. The molecule has 2 aromatic rings. The number of sulfonamides is 1. The third-order valence-electron chi connectivity index (χ3n) is 3.05. The van der Waals surface area contributed by atoms with Crippen LogP contribution in [-0.4, -0.2) is 15.0 Å². The molecule has 2 aromatic carbocycles. The Bertz CT molecular complexity index is 652. The highest BCUT2D eigenvalue weighted by atomic mass is 32.2. The minimum Gasteiger partial charge on any atom is -0.323 e. The van der Waals surface area contributed by atoms with Crippen LogP contribution in [0.15, 0.2) is 59.5 Å². The summed E-state index contributed by atoms with van der Waals surface area (Å²) in [6.45, 7) is 2.08. The Morgan fingerprint density at radius 2 is 1.65 bits per heavy atom. The third kappa shape index (κ3) is 3.66. The van der Waals surface area contributed by atoms with E-state index >= 15 is 0 Å². The van der Waals surface area contributed by atoms with Crippen LogP contribution in [0.2, 0.25) is 0 Å². The van der Waals surface area contributed by atoms with Crippen LogP contribution in [0.1, 0.15) is 17.2 Å². The van der Waals surface area contributed by atoms with Gasteiger partial charge in [0.15, 0.2) is 0 Å². The second-order valence-corrected chi connectivity index (χ2v) is 6.45. The van der Waals surface area contributed by atoms with Crippen LogP contribution in [0, 0.1) is 6.92 Å². The number of rotatable bonds is 5. The SMILES string of the molecule is Cc1ccc(S(=O)(=O)NCC(N)c2ccccc2)cc1. The predicted molar refractivity (Wildman–Crippen MR) is 79.7 cm³/mol. The number of nitrogens with one attached hydrogen (secondary N) is 1. The molecule has 0 aliphatic heterocycles. The second-order valence-electron chi connectivity index (χ2n) is 4.68. The van der Waals surface area contributed by atoms with E-state index in [-0.39, 0.29) is 17.5 Å². The number of hydrogen-bond acceptors (Lipinski definition) is 3. The van der Waals surface area contributed by atoms with Gasteiger partial charge in [-0.15, -0.1) is 0 Å². The van der Waals surface area contributed by atoms with E-state index in [1.54, 1.807) is 24.3 Å². The molecule has 3 N–H and O–H groups in total. The molecule has 0 fully saturated rings. The van der Waals surface area contributed by atoms with Crippen LogP contribution in [-0.2, 0) is 10.0 Å². The zero-order chi connectivity index (χ0) is 14.6. The fourth-order valence-corrected chi connectivity index (χ4v) is 2.88. The molecule has 0 aromatic heterocycles. The Morgan fingerprint density at radius 1 is 1.05 bits per heavy atom. The van der Waals surface area contributed by atoms with Crippen molar-refractivity contribution in [2.75, 3.05) is 6.54 Å². The van der Waals surface area contributed by atoms with Crippen molar-refractivity contribution in [1.29, 1.82) is 0 Å². The first-order valence-electron chi connectivity index (χ1n) is 6.36. The molecule has 1 unspecified atom stereocenters. The highest BCUT2D eigenvalue weighted by molar-refractivity contribution is 7.89. The first-order chi connectivity index (χ1) is 9.49. The summed E-state index contributed by atoms with van der Waals surface area (Å²) in [4.78, 5) is 0.253. The molecule has 4 nitrogen and oxygen atoms in total. The number of hydrogen-bond donors (Lipinski definition) is 2. The monoisotopic (exact) mass is 290 g/mol. The number of benzene rings is 2. The molecule has 5 heteroatoms. The normalized spacial score (nSPS) is 13.1. The van der Waals surface area contributed by atoms with Crippen molar-refractivity contribution in [3.05, 3.63) is 65.7 Å². The Morgan fingerprint density at radius 3 is 2.25 bits per heavy atom. The van der Waals surface area contributed by atoms with Gasteiger partial charge in [-0.05, 0) is 24.6 Å². The maximum absolute atomic E-state index is 12.1. The Kier molecular flexibility index (Phi) is 4.54. The molecular weight excluding hydrogens is 272 g/mol. The van der Waals surface area contributed by atoms with Crippen molar-refractivity contribution >= 4 is 10.0 Å². The largest absolute Gasteiger partial charge is 0.323 e. The molecule has 2 rings (SSSR count). The summed E-state index contributed by atoms with van der Waals surface area (Å²) in [5.41, 5.74) is 7.90. The van der Waals surface area contributed by atoms with Crippen molar-refractivity contribution in [1.82, 2.24) is 4.72 Å². The third-order valence-corrected chi connectivity index (χ3v) is 4.49. The van der Waals surface area contributed by atoms with Gasteiger partial charge in [0.2, 0.25) is 10.0 Å². The second kappa shape index (κ2) is 6.17. The van der Waals surface area contributed by atoms with Crippen molar-refractivity contribution in [2.24, 2.45) is 5.73 Å². The topological polar surface area (TPSA) is 72.2 Å². The van der Waals surface area contributed by atoms with Gasteiger partial charge in [0.25, 0.3) is 0 Å². The summed E-state index contributed by atoms with van der Waals surface area (Å²) >= 11 is 0. The van der Waals surface area contributed by atoms with Crippen LogP contribution < -0.4 is 10.5 Å². The lowest BCUT2D eigenvalue weighted by Crippen LogP contribution is -2.31. The van der Waals surface area contributed by atoms with Gasteiger partial charge < -0.3 is 5.73 Å². The Balaban J connectivity index is 2.04. The molecule has 0 spiro atoms. The lowest BCUT2D eigenvalue weighted by atomic mass is 10.1. The minimum atomic E-state index is -3.51. The first kappa shape index (κ1) is 14.7. The lowest BCUT2D eigenvalue weighted by molar-refractivity contribution is 0.572. The average molecular weight is 290 g/mol. The van der Waals surface area contributed by atoms with Crippen molar-refractivity contribution < 1.29 is 8.42 Å². The fourth-order valence-electron chi connectivity index (χ4n) is 1.82. The van der Waals surface area contributed by atoms with Gasteiger partial charge in [0.05, 0.1) is 4.90 Å². The molecule has 0 saturated heterocycles. The van der Waals surface area contributed by atoms with Crippen LogP contribution in [0.3, 0.4) is 0 Å². The number of nitrogens with two attached hydrogens (primary N) is 1. The van der Waals surface area contributed by atoms with E-state index in [0.29, 0.717) is 0 Å². The minimum absolute atomic E-state index is 0.167. The van der Waals surface area contributed by atoms with E-state index < -0.39 is 10.0 Å². The van der Waals surface area contributed by atoms with E-state index in [2.05, 4.69) is 4.72 Å². The molecule has 0 radical (unpaired) electrons. The molecule has 20 heavy (non-hydrogen) atoms. The lowest BCUT2D eigenvalue weighted by Gasteiger charge is -2.13. The number of aryl methyl sites for hydroxylation is 1. The van der Waals surface area contributed by atoms with Gasteiger partial charge in [-0.25, -0.2) is 13.1 Å². The van der Waals surface area contributed by atoms with Crippen LogP contribution >= 0.6 is 0 Å². The summed E-state index contributed by atoms with van der Waals surface area (Å²) in [6.07, 6.45) is 0. The molecule has 0 bridgehead atoms. The zero-order valence-corrected chi connectivity index (χ0v) is 12.1. The highest BCUT2D eigenvalue weighted by Crippen LogP contribution is 2.12. The molecule has 0 amide bonds. The summed E-state index contributed by atoms with van der Waals surface area (Å²) in [5.74, 6) is 0. The quantitative estimate of drug-likeness (QED) is 0.884. The molecule has 0 heterocycles. The van der Waals surface area contributed by atoms with Gasteiger partial charge >= 0.3 is 0 Å². The van der Waals surface area contributed by atoms with Crippen LogP contribution in [0.5, 0.6) is 0 Å². The smallest absolute Gasteiger partial charge is 0.240 e. The molecule has 0 aliphatic rings. The first-order valence-corrected chi connectivity index (χ1v) is 7.84. The maximum Gasteiger partial charge on any atom is 0.240 e. The maximum atomic E-state index is 12.1. The van der Waals surface area contributed by atoms with Crippen LogP contribution in [0.25, 0.3) is 0 Å². The van der Waals surface area contributed by atoms with Crippen LogP contribution in [0.4, 0.5) is 0 Å². The van der Waals surface area contributed by atoms with E-state index in [4.69, 9.17) is 5.73 Å². The summed E-state index contributed by atoms with van der Waals surface area (Å²) < 4.78 is 26.8. The Labute approximate surface area is 119 Å². The molecule has 0 aliphatic carbocycles. The van der Waals surface area contributed by atoms with Gasteiger partial charge in [-0.3, -0.25) is 0 Å². The Hall–Kier alpha value is -1.69. The molecule has 1 atom stereocenters. The van der Waals surface area contributed by atoms with E-state index in [1.165, 1.54) is 0 Å². The van der Waals surface area contributed by atoms with Gasteiger partial charge in [0, 0.05) is 12.6 Å². The summed E-state index contributed by atoms with van der Waals surface area (Å²) in [5, 5.41) is 0. The molecular formula is C15H18N2O2S. The standard InChI is InChI=1S/C15H18N2O2S/c1-12-7-9-14(10-8-12)20(18,19)17-11-15(16)13-5-3-2-4-6-13/h2-10,15,17H,11,16H2,1H3. The van der Waals surface area contributed by atoms with Crippen molar-refractivity contribution in [3.63, 3.8) is 0 Å². The van der Waals surface area contributed by atoms with Gasteiger partial charge in [0.1, 0.15) is 0 Å². The highest BCUT2D eigenvalue weighted by Gasteiger charge is 2.15.